The van der Waals surface area contributed by atoms with E-state index in [-0.39, 0.29) is 23.5 Å². The molecular formula is C26H25BrN4O3S. The molecule has 180 valence electrons. The van der Waals surface area contributed by atoms with Gasteiger partial charge in [0.05, 0.1) is 46.2 Å². The number of nitrogens with zero attached hydrogens (tertiary/aromatic N) is 4. The lowest BCUT2D eigenvalue weighted by atomic mass is 9.81. The Morgan fingerprint density at radius 3 is 2.60 bits per heavy atom. The molecule has 7 nitrogen and oxygen atoms in total. The van der Waals surface area contributed by atoms with Crippen molar-refractivity contribution in [3.05, 3.63) is 70.6 Å². The lowest BCUT2D eigenvalue weighted by molar-refractivity contribution is 0.120. The predicted octanol–water partition coefficient (Wildman–Crippen LogP) is 5.80. The largest absolute Gasteiger partial charge is 0.296 e. The van der Waals surface area contributed by atoms with Gasteiger partial charge in [0, 0.05) is 22.2 Å². The van der Waals surface area contributed by atoms with E-state index in [9.17, 15) is 8.42 Å². The van der Waals surface area contributed by atoms with E-state index in [2.05, 4.69) is 27.1 Å². The first-order chi connectivity index (χ1) is 16.9. The average molecular weight is 553 g/mol. The first-order valence-corrected chi connectivity index (χ1v) is 14.0. The zero-order valence-corrected chi connectivity index (χ0v) is 21.7. The Balaban J connectivity index is 1.16. The van der Waals surface area contributed by atoms with Crippen molar-refractivity contribution in [2.45, 2.75) is 49.5 Å². The highest BCUT2D eigenvalue weighted by Crippen LogP contribution is 2.45. The third kappa shape index (κ3) is 4.64. The molecule has 2 aromatic heterocycles. The molecule has 0 bridgehead atoms. The van der Waals surface area contributed by atoms with Crippen LogP contribution in [0.4, 0.5) is 0 Å². The summed E-state index contributed by atoms with van der Waals surface area (Å²) in [5, 5.41) is 4.95. The molecule has 2 aromatic carbocycles. The zero-order valence-electron chi connectivity index (χ0n) is 19.3. The van der Waals surface area contributed by atoms with Crippen LogP contribution in [0, 0.1) is 12.8 Å². The Kier molecular flexibility index (Phi) is 5.74. The van der Waals surface area contributed by atoms with Crippen LogP contribution in [0.1, 0.15) is 48.9 Å². The summed E-state index contributed by atoms with van der Waals surface area (Å²) in [5.41, 5.74) is 5.70. The number of aryl methyl sites for hydroxylation is 1. The fourth-order valence-corrected chi connectivity index (χ4v) is 5.90. The number of benzene rings is 2. The van der Waals surface area contributed by atoms with Crippen molar-refractivity contribution >= 4 is 37.1 Å². The molecule has 2 aliphatic carbocycles. The lowest BCUT2D eigenvalue weighted by Gasteiger charge is -2.34. The maximum atomic E-state index is 12.5. The van der Waals surface area contributed by atoms with Crippen LogP contribution in [0.15, 0.2) is 64.2 Å². The highest BCUT2D eigenvalue weighted by molar-refractivity contribution is 9.10. The molecule has 0 saturated heterocycles. The van der Waals surface area contributed by atoms with Crippen molar-refractivity contribution in [3.8, 4) is 11.3 Å². The molecule has 0 N–H and O–H groups in total. The van der Waals surface area contributed by atoms with Crippen molar-refractivity contribution in [1.29, 1.82) is 0 Å². The van der Waals surface area contributed by atoms with E-state index in [4.69, 9.17) is 14.3 Å². The monoisotopic (exact) mass is 552 g/mol. The predicted molar refractivity (Wildman–Crippen MR) is 137 cm³/mol. The molecule has 6 rings (SSSR count). The second-order valence-corrected chi connectivity index (χ2v) is 12.1. The van der Waals surface area contributed by atoms with Gasteiger partial charge in [0.2, 0.25) is 0 Å². The Morgan fingerprint density at radius 2 is 1.86 bits per heavy atom. The second kappa shape index (κ2) is 8.80. The van der Waals surface area contributed by atoms with Crippen molar-refractivity contribution in [3.63, 3.8) is 0 Å². The van der Waals surface area contributed by atoms with Gasteiger partial charge in [0.15, 0.2) is 0 Å². The van der Waals surface area contributed by atoms with E-state index in [0.29, 0.717) is 5.92 Å². The molecule has 35 heavy (non-hydrogen) atoms. The maximum absolute atomic E-state index is 12.5. The fourth-order valence-electron chi connectivity index (χ4n) is 4.57. The summed E-state index contributed by atoms with van der Waals surface area (Å²) in [4.78, 5) is 9.67. The highest BCUT2D eigenvalue weighted by Gasteiger charge is 2.36. The summed E-state index contributed by atoms with van der Waals surface area (Å²) in [6.45, 7) is 2.12. The summed E-state index contributed by atoms with van der Waals surface area (Å²) in [6.07, 6.45) is 7.89. The van der Waals surface area contributed by atoms with Crippen LogP contribution in [-0.4, -0.2) is 34.8 Å². The minimum atomic E-state index is -3.73. The van der Waals surface area contributed by atoms with Crippen LogP contribution in [0.2, 0.25) is 0 Å². The van der Waals surface area contributed by atoms with Gasteiger partial charge < -0.3 is 0 Å². The van der Waals surface area contributed by atoms with Gasteiger partial charge in [-0.05, 0) is 68.9 Å². The van der Waals surface area contributed by atoms with Gasteiger partial charge in [0.25, 0.3) is 10.1 Å². The molecule has 9 heteroatoms. The number of hydrogen-bond donors (Lipinski definition) is 0. The van der Waals surface area contributed by atoms with Crippen LogP contribution < -0.4 is 0 Å². The standard InChI is InChI=1S/C26H25BrN4O3S/c1-16-2-7-21(8-3-16)35(32,33)34-15-17-10-20(11-17)31-14-22(26(30-31)18-4-5-18)25-13-28-23-9-6-19(27)12-24(23)29-25/h2-3,6-9,12-14,17-18,20H,4-5,10-11,15H2,1H3. The number of hydrogen-bond acceptors (Lipinski definition) is 6. The Labute approximate surface area is 212 Å². The van der Waals surface area contributed by atoms with Crippen LogP contribution in [0.3, 0.4) is 0 Å². The minimum absolute atomic E-state index is 0.190. The SMILES string of the molecule is Cc1ccc(S(=O)(=O)OCC2CC(n3cc(-c4cnc5ccc(Br)cc5n4)c(C4CC4)n3)C2)cc1. The van der Waals surface area contributed by atoms with Crippen LogP contribution in [-0.2, 0) is 14.3 Å². The first kappa shape index (κ1) is 22.8. The van der Waals surface area contributed by atoms with E-state index in [1.54, 1.807) is 24.3 Å². The molecule has 2 aliphatic rings. The molecule has 2 heterocycles. The van der Waals surface area contributed by atoms with Crippen molar-refractivity contribution < 1.29 is 12.6 Å². The smallest absolute Gasteiger partial charge is 0.269 e. The van der Waals surface area contributed by atoms with Gasteiger partial charge in [-0.25, -0.2) is 4.98 Å². The van der Waals surface area contributed by atoms with E-state index in [0.717, 1.165) is 63.7 Å². The topological polar surface area (TPSA) is 87.0 Å². The number of halogens is 1. The number of fused-ring (bicyclic) bond motifs is 1. The highest BCUT2D eigenvalue weighted by atomic mass is 79.9. The first-order valence-electron chi connectivity index (χ1n) is 11.8. The quantitative estimate of drug-likeness (QED) is 0.269. The number of rotatable bonds is 7. The van der Waals surface area contributed by atoms with Crippen LogP contribution in [0.25, 0.3) is 22.3 Å². The van der Waals surface area contributed by atoms with Gasteiger partial charge >= 0.3 is 0 Å². The lowest BCUT2D eigenvalue weighted by Crippen LogP contribution is -2.31. The van der Waals surface area contributed by atoms with Crippen LogP contribution in [0.5, 0.6) is 0 Å². The van der Waals surface area contributed by atoms with E-state index in [1.165, 1.54) is 0 Å². The van der Waals surface area contributed by atoms with Gasteiger partial charge in [-0.1, -0.05) is 33.6 Å². The third-order valence-electron chi connectivity index (χ3n) is 6.86. The molecule has 2 saturated carbocycles. The van der Waals surface area contributed by atoms with Crippen LogP contribution >= 0.6 is 15.9 Å². The third-order valence-corrected chi connectivity index (χ3v) is 8.65. The fraction of sp³-hybridized carbons (Fsp3) is 0.346. The zero-order chi connectivity index (χ0) is 24.2. The summed E-state index contributed by atoms with van der Waals surface area (Å²) in [6, 6.07) is 12.9. The second-order valence-electron chi connectivity index (χ2n) is 9.61. The minimum Gasteiger partial charge on any atom is -0.269 e. The summed E-state index contributed by atoms with van der Waals surface area (Å²) in [5.74, 6) is 0.667. The maximum Gasteiger partial charge on any atom is 0.296 e. The van der Waals surface area contributed by atoms with Crippen molar-refractivity contribution in [1.82, 2.24) is 19.7 Å². The van der Waals surface area contributed by atoms with E-state index in [1.807, 2.05) is 36.0 Å². The normalized spacial score (nSPS) is 20.2. The Morgan fingerprint density at radius 1 is 1.09 bits per heavy atom. The summed E-state index contributed by atoms with van der Waals surface area (Å²) in [7, 11) is -3.73. The molecule has 0 radical (unpaired) electrons. The Hall–Kier alpha value is -2.62. The molecule has 0 unspecified atom stereocenters. The number of aromatic nitrogens is 4. The van der Waals surface area contributed by atoms with E-state index < -0.39 is 10.1 Å². The van der Waals surface area contributed by atoms with E-state index >= 15 is 0 Å². The summed E-state index contributed by atoms with van der Waals surface area (Å²) < 4.78 is 33.3. The Bertz CT molecular complexity index is 1510. The molecule has 0 amide bonds. The van der Waals surface area contributed by atoms with Gasteiger partial charge in [-0.2, -0.15) is 13.5 Å². The molecule has 4 aromatic rings. The van der Waals surface area contributed by atoms with Gasteiger partial charge in [0.1, 0.15) is 0 Å². The van der Waals surface area contributed by atoms with Crippen molar-refractivity contribution in [2.75, 3.05) is 6.61 Å². The summed E-state index contributed by atoms with van der Waals surface area (Å²) >= 11 is 3.52. The molecular weight excluding hydrogens is 528 g/mol. The van der Waals surface area contributed by atoms with Crippen molar-refractivity contribution in [2.24, 2.45) is 5.92 Å². The van der Waals surface area contributed by atoms with Gasteiger partial charge in [-0.15, -0.1) is 0 Å². The average Bonchev–Trinajstić information content (AvgIpc) is 3.57. The molecule has 0 spiro atoms. The molecule has 0 aliphatic heterocycles. The van der Waals surface area contributed by atoms with Gasteiger partial charge in [-0.3, -0.25) is 13.8 Å². The molecule has 2 fully saturated rings. The molecule has 0 atom stereocenters.